The van der Waals surface area contributed by atoms with E-state index >= 15 is 0 Å². The minimum Gasteiger partial charge on any atom is -0.480 e. The zero-order valence-corrected chi connectivity index (χ0v) is 10.4. The fourth-order valence-electron chi connectivity index (χ4n) is 2.43. The third-order valence-electron chi connectivity index (χ3n) is 3.32. The first kappa shape index (κ1) is 12.8. The Bertz CT molecular complexity index is 388. The average Bonchev–Trinajstić information content (AvgIpc) is 2.84. The summed E-state index contributed by atoms with van der Waals surface area (Å²) in [5.41, 5.74) is 0. The van der Waals surface area contributed by atoms with Crippen molar-refractivity contribution >= 4 is 16.0 Å². The third-order valence-corrected chi connectivity index (χ3v) is 5.36. The van der Waals surface area contributed by atoms with E-state index in [0.717, 1.165) is 10.7 Å². The Kier molecular flexibility index (Phi) is 3.70. The van der Waals surface area contributed by atoms with Crippen LogP contribution in [0.2, 0.25) is 0 Å². The largest absolute Gasteiger partial charge is 0.480 e. The summed E-state index contributed by atoms with van der Waals surface area (Å²) in [6, 6.07) is -0.873. The SMILES string of the molecule is O=C(O)[C@H]1CCCN1S(=O)(=O)CC1CCOC1. The van der Waals surface area contributed by atoms with Gasteiger partial charge in [0.15, 0.2) is 0 Å². The molecule has 1 N–H and O–H groups in total. The fourth-order valence-corrected chi connectivity index (χ4v) is 4.47. The second kappa shape index (κ2) is 4.91. The van der Waals surface area contributed by atoms with E-state index in [0.29, 0.717) is 32.6 Å². The van der Waals surface area contributed by atoms with E-state index in [-0.39, 0.29) is 11.7 Å². The van der Waals surface area contributed by atoms with Crippen LogP contribution in [-0.4, -0.2) is 55.4 Å². The minimum atomic E-state index is -3.47. The summed E-state index contributed by atoms with van der Waals surface area (Å²) in [5.74, 6) is -1.03. The summed E-state index contributed by atoms with van der Waals surface area (Å²) < 4.78 is 30.5. The molecule has 0 saturated carbocycles. The number of carbonyl (C=O) groups is 1. The van der Waals surface area contributed by atoms with Crippen LogP contribution in [0.5, 0.6) is 0 Å². The molecule has 7 heteroatoms. The van der Waals surface area contributed by atoms with E-state index in [1.807, 2.05) is 0 Å². The van der Waals surface area contributed by atoms with Gasteiger partial charge in [-0.15, -0.1) is 0 Å². The van der Waals surface area contributed by atoms with Crippen molar-refractivity contribution in [2.75, 3.05) is 25.5 Å². The van der Waals surface area contributed by atoms with Crippen LogP contribution in [0, 0.1) is 5.92 Å². The van der Waals surface area contributed by atoms with Gasteiger partial charge in [0.2, 0.25) is 10.0 Å². The molecule has 1 unspecified atom stereocenters. The van der Waals surface area contributed by atoms with Gasteiger partial charge >= 0.3 is 5.97 Å². The molecule has 0 spiro atoms. The first-order valence-electron chi connectivity index (χ1n) is 5.81. The molecule has 2 saturated heterocycles. The molecule has 2 aliphatic heterocycles. The maximum absolute atomic E-state index is 12.1. The summed E-state index contributed by atoms with van der Waals surface area (Å²) in [6.07, 6.45) is 1.78. The lowest BCUT2D eigenvalue weighted by molar-refractivity contribution is -0.140. The second-order valence-electron chi connectivity index (χ2n) is 4.62. The second-order valence-corrected chi connectivity index (χ2v) is 6.58. The zero-order chi connectivity index (χ0) is 12.5. The molecule has 2 aliphatic rings. The summed E-state index contributed by atoms with van der Waals surface area (Å²) in [5, 5.41) is 8.98. The van der Waals surface area contributed by atoms with Gasteiger partial charge in [-0.05, 0) is 25.2 Å². The van der Waals surface area contributed by atoms with Crippen molar-refractivity contribution in [2.45, 2.75) is 25.3 Å². The number of carboxylic acid groups (broad SMARTS) is 1. The molecule has 17 heavy (non-hydrogen) atoms. The lowest BCUT2D eigenvalue weighted by atomic mass is 10.2. The summed E-state index contributed by atoms with van der Waals surface area (Å²) in [4.78, 5) is 11.0. The van der Waals surface area contributed by atoms with Gasteiger partial charge in [0.05, 0.1) is 12.4 Å². The van der Waals surface area contributed by atoms with Gasteiger partial charge < -0.3 is 9.84 Å². The van der Waals surface area contributed by atoms with Crippen LogP contribution >= 0.6 is 0 Å². The topological polar surface area (TPSA) is 83.9 Å². The molecule has 0 amide bonds. The maximum Gasteiger partial charge on any atom is 0.322 e. The first-order chi connectivity index (χ1) is 8.00. The van der Waals surface area contributed by atoms with Crippen LogP contribution in [0.1, 0.15) is 19.3 Å². The van der Waals surface area contributed by atoms with E-state index < -0.39 is 22.0 Å². The van der Waals surface area contributed by atoms with Gasteiger partial charge in [0.1, 0.15) is 6.04 Å². The Morgan fingerprint density at radius 3 is 2.76 bits per heavy atom. The van der Waals surface area contributed by atoms with Crippen molar-refractivity contribution < 1.29 is 23.1 Å². The van der Waals surface area contributed by atoms with Gasteiger partial charge in [-0.3, -0.25) is 4.79 Å². The van der Waals surface area contributed by atoms with Crippen LogP contribution in [0.15, 0.2) is 0 Å². The minimum absolute atomic E-state index is 0.00930. The Morgan fingerprint density at radius 1 is 1.41 bits per heavy atom. The average molecular weight is 263 g/mol. The molecule has 2 fully saturated rings. The number of sulfonamides is 1. The number of ether oxygens (including phenoxy) is 1. The molecule has 6 nitrogen and oxygen atoms in total. The van der Waals surface area contributed by atoms with Crippen molar-refractivity contribution in [3.05, 3.63) is 0 Å². The smallest absolute Gasteiger partial charge is 0.322 e. The van der Waals surface area contributed by atoms with E-state index in [2.05, 4.69) is 0 Å². The Balaban J connectivity index is 2.06. The van der Waals surface area contributed by atoms with Crippen LogP contribution < -0.4 is 0 Å². The molecule has 0 radical (unpaired) electrons. The molecule has 2 rings (SSSR count). The number of hydrogen-bond donors (Lipinski definition) is 1. The van der Waals surface area contributed by atoms with Gasteiger partial charge in [0.25, 0.3) is 0 Å². The molecule has 0 bridgehead atoms. The highest BCUT2D eigenvalue weighted by Gasteiger charge is 2.39. The number of carboxylic acids is 1. The van der Waals surface area contributed by atoms with Gasteiger partial charge in [-0.25, -0.2) is 8.42 Å². The predicted octanol–water partition coefficient (Wildman–Crippen LogP) is -0.0983. The number of aliphatic carboxylic acids is 1. The molecule has 2 heterocycles. The summed E-state index contributed by atoms with van der Waals surface area (Å²) in [7, 11) is -3.47. The van der Waals surface area contributed by atoms with E-state index in [4.69, 9.17) is 9.84 Å². The van der Waals surface area contributed by atoms with Crippen molar-refractivity contribution in [3.63, 3.8) is 0 Å². The maximum atomic E-state index is 12.1. The van der Waals surface area contributed by atoms with Crippen molar-refractivity contribution in [1.29, 1.82) is 0 Å². The van der Waals surface area contributed by atoms with Crippen molar-refractivity contribution in [3.8, 4) is 0 Å². The highest BCUT2D eigenvalue weighted by Crippen LogP contribution is 2.24. The highest BCUT2D eigenvalue weighted by atomic mass is 32.2. The van der Waals surface area contributed by atoms with Crippen LogP contribution in [0.25, 0.3) is 0 Å². The zero-order valence-electron chi connectivity index (χ0n) is 9.54. The summed E-state index contributed by atoms with van der Waals surface area (Å²) in [6.45, 7) is 1.39. The number of hydrogen-bond acceptors (Lipinski definition) is 4. The molecule has 0 aromatic carbocycles. The standard InChI is InChI=1S/C10H17NO5S/c12-10(13)9-2-1-4-11(9)17(14,15)7-8-3-5-16-6-8/h8-9H,1-7H2,(H,12,13)/t8?,9-/m1/s1. The Labute approximate surface area is 101 Å². The molecular formula is C10H17NO5S. The molecule has 98 valence electrons. The van der Waals surface area contributed by atoms with Gasteiger partial charge in [-0.1, -0.05) is 0 Å². The molecule has 0 aromatic heterocycles. The quantitative estimate of drug-likeness (QED) is 0.766. The third kappa shape index (κ3) is 2.78. The fraction of sp³-hybridized carbons (Fsp3) is 0.900. The number of nitrogens with zero attached hydrogens (tertiary/aromatic N) is 1. The van der Waals surface area contributed by atoms with Crippen molar-refractivity contribution in [2.24, 2.45) is 5.92 Å². The van der Waals surface area contributed by atoms with Crippen LogP contribution in [-0.2, 0) is 19.6 Å². The number of rotatable bonds is 4. The Hall–Kier alpha value is -0.660. The van der Waals surface area contributed by atoms with E-state index in [9.17, 15) is 13.2 Å². The Morgan fingerprint density at radius 2 is 2.18 bits per heavy atom. The van der Waals surface area contributed by atoms with E-state index in [1.54, 1.807) is 0 Å². The normalized spacial score (nSPS) is 30.8. The van der Waals surface area contributed by atoms with Gasteiger partial charge in [-0.2, -0.15) is 4.31 Å². The van der Waals surface area contributed by atoms with Gasteiger partial charge in [0, 0.05) is 13.2 Å². The van der Waals surface area contributed by atoms with Crippen LogP contribution in [0.3, 0.4) is 0 Å². The monoisotopic (exact) mass is 263 g/mol. The highest BCUT2D eigenvalue weighted by molar-refractivity contribution is 7.89. The van der Waals surface area contributed by atoms with E-state index in [1.165, 1.54) is 0 Å². The summed E-state index contributed by atoms with van der Waals surface area (Å²) >= 11 is 0. The predicted molar refractivity (Wildman–Crippen MR) is 60.1 cm³/mol. The lowest BCUT2D eigenvalue weighted by Crippen LogP contribution is -2.42. The first-order valence-corrected chi connectivity index (χ1v) is 7.41. The molecule has 2 atom stereocenters. The molecular weight excluding hydrogens is 246 g/mol. The van der Waals surface area contributed by atoms with Crippen LogP contribution in [0.4, 0.5) is 0 Å². The lowest BCUT2D eigenvalue weighted by Gasteiger charge is -2.22. The molecule has 0 aromatic rings. The van der Waals surface area contributed by atoms with Crippen molar-refractivity contribution in [1.82, 2.24) is 4.31 Å². The molecule has 0 aliphatic carbocycles.